The molecule has 246 valence electrons. The van der Waals surface area contributed by atoms with E-state index >= 15 is 0 Å². The van der Waals surface area contributed by atoms with E-state index in [0.717, 1.165) is 0 Å². The Hall–Kier alpha value is -5.52. The fraction of sp³-hybridized carbons (Fsp3) is 0.294. The summed E-state index contributed by atoms with van der Waals surface area (Å²) in [5.41, 5.74) is 25.9. The first-order chi connectivity index (χ1) is 22.2. The van der Waals surface area contributed by atoms with Gasteiger partial charge in [-0.3, -0.25) is 0 Å². The maximum absolute atomic E-state index is 6.38. The quantitative estimate of drug-likeness (QED) is 0.161. The third-order valence-electron chi connectivity index (χ3n) is 7.23. The third-order valence-corrected chi connectivity index (χ3v) is 7.23. The maximum atomic E-state index is 6.38. The predicted molar refractivity (Wildman–Crippen MR) is 177 cm³/mol. The molecule has 0 saturated carbocycles. The van der Waals surface area contributed by atoms with E-state index in [-0.39, 0.29) is 26.4 Å². The largest absolute Gasteiger partial charge is 0.497 e. The van der Waals surface area contributed by atoms with Crippen molar-refractivity contribution in [2.45, 2.75) is 6.42 Å². The molecule has 0 aromatic heterocycles. The van der Waals surface area contributed by atoms with E-state index in [0.29, 0.717) is 75.2 Å². The second kappa shape index (κ2) is 15.5. The van der Waals surface area contributed by atoms with Crippen LogP contribution in [0.1, 0.15) is 6.42 Å². The highest BCUT2D eigenvalue weighted by Crippen LogP contribution is 2.34. The van der Waals surface area contributed by atoms with Crippen LogP contribution in [0.25, 0.3) is 0 Å². The minimum atomic E-state index is -0.976. The monoisotopic (exact) mass is 634 g/mol. The maximum Gasteiger partial charge on any atom is 0.142 e. The summed E-state index contributed by atoms with van der Waals surface area (Å²) in [6, 6.07) is 15.5. The van der Waals surface area contributed by atoms with Gasteiger partial charge in [-0.15, -0.1) is 0 Å². The average molecular weight is 635 g/mol. The van der Waals surface area contributed by atoms with Gasteiger partial charge in [0, 0.05) is 24.3 Å². The smallest absolute Gasteiger partial charge is 0.142 e. The molecule has 0 bridgehead atoms. The number of hydrogen-bond donors (Lipinski definition) is 4. The number of allylic oxidation sites excluding steroid dienone is 3. The van der Waals surface area contributed by atoms with Gasteiger partial charge in [0.05, 0.1) is 51.2 Å². The molecule has 3 aromatic rings. The van der Waals surface area contributed by atoms with E-state index in [1.165, 1.54) is 0 Å². The van der Waals surface area contributed by atoms with Crippen LogP contribution in [0.5, 0.6) is 34.5 Å². The Morgan fingerprint density at radius 2 is 0.957 bits per heavy atom. The molecule has 0 unspecified atom stereocenters. The molecule has 0 spiro atoms. The Labute approximate surface area is 269 Å². The van der Waals surface area contributed by atoms with Gasteiger partial charge in [0.2, 0.25) is 0 Å². The van der Waals surface area contributed by atoms with Gasteiger partial charge in [0.15, 0.2) is 0 Å². The number of ether oxygens (including phenoxy) is 8. The number of hydrogen-bond acceptors (Lipinski definition) is 12. The number of rotatable bonds is 16. The lowest BCUT2D eigenvalue weighted by atomic mass is 9.91. The number of anilines is 3. The zero-order valence-electron chi connectivity index (χ0n) is 26.5. The molecule has 0 aliphatic heterocycles. The van der Waals surface area contributed by atoms with Gasteiger partial charge in [-0.05, 0) is 55.0 Å². The summed E-state index contributed by atoms with van der Waals surface area (Å²) < 4.78 is 46.6. The second-order valence-electron chi connectivity index (χ2n) is 10.6. The Morgan fingerprint density at radius 1 is 0.543 bits per heavy atom. The van der Waals surface area contributed by atoms with Crippen LogP contribution in [0.4, 0.5) is 17.1 Å². The summed E-state index contributed by atoms with van der Waals surface area (Å²) >= 11 is 0. The topological polar surface area (TPSA) is 178 Å². The molecule has 0 atom stereocenters. The van der Waals surface area contributed by atoms with Crippen molar-refractivity contribution in [1.82, 2.24) is 0 Å². The number of nitrogen functional groups attached to an aromatic ring is 3. The van der Waals surface area contributed by atoms with Crippen molar-refractivity contribution in [2.24, 2.45) is 11.1 Å². The first-order valence-electron chi connectivity index (χ1n) is 14.4. The van der Waals surface area contributed by atoms with Crippen LogP contribution in [0, 0.1) is 5.41 Å². The first kappa shape index (κ1) is 33.4. The number of methoxy groups -OCH3 is 4. The zero-order chi connectivity index (χ0) is 33.1. The van der Waals surface area contributed by atoms with Crippen LogP contribution in [-0.4, -0.2) is 54.9 Å². The number of benzene rings is 3. The van der Waals surface area contributed by atoms with Crippen molar-refractivity contribution < 1.29 is 37.9 Å². The van der Waals surface area contributed by atoms with Crippen LogP contribution < -0.4 is 51.4 Å². The van der Waals surface area contributed by atoms with Gasteiger partial charge in [0.1, 0.15) is 77.9 Å². The summed E-state index contributed by atoms with van der Waals surface area (Å²) in [6.45, 7) is 0.203. The van der Waals surface area contributed by atoms with Gasteiger partial charge >= 0.3 is 0 Å². The van der Waals surface area contributed by atoms with E-state index < -0.39 is 5.41 Å². The Morgan fingerprint density at radius 3 is 1.33 bits per heavy atom. The zero-order valence-corrected chi connectivity index (χ0v) is 26.5. The van der Waals surface area contributed by atoms with Gasteiger partial charge < -0.3 is 60.8 Å². The van der Waals surface area contributed by atoms with Crippen molar-refractivity contribution in [1.29, 1.82) is 0 Å². The van der Waals surface area contributed by atoms with E-state index in [1.54, 1.807) is 89.1 Å². The summed E-state index contributed by atoms with van der Waals surface area (Å²) in [6.07, 6.45) is 6.03. The van der Waals surface area contributed by atoms with Crippen molar-refractivity contribution in [3.05, 3.63) is 90.0 Å². The summed E-state index contributed by atoms with van der Waals surface area (Å²) in [7, 11) is 6.28. The molecule has 12 heteroatoms. The Bertz CT molecular complexity index is 1450. The van der Waals surface area contributed by atoms with Crippen LogP contribution >= 0.6 is 0 Å². The van der Waals surface area contributed by atoms with Crippen molar-refractivity contribution >= 4 is 17.1 Å². The van der Waals surface area contributed by atoms with Gasteiger partial charge in [-0.25, -0.2) is 0 Å². The van der Waals surface area contributed by atoms with E-state index in [2.05, 4.69) is 0 Å². The lowest BCUT2D eigenvalue weighted by Crippen LogP contribution is -2.44. The molecule has 3 aromatic carbocycles. The summed E-state index contributed by atoms with van der Waals surface area (Å²) in [4.78, 5) is 0. The average Bonchev–Trinajstić information content (AvgIpc) is 3.25. The molecule has 0 fully saturated rings. The van der Waals surface area contributed by atoms with E-state index in [4.69, 9.17) is 60.8 Å². The molecule has 4 rings (SSSR count). The molecule has 0 radical (unpaired) electrons. The Balaban J connectivity index is 1.68. The van der Waals surface area contributed by atoms with Gasteiger partial charge in [0.25, 0.3) is 0 Å². The predicted octanol–water partition coefficient (Wildman–Crippen LogP) is 4.66. The fourth-order valence-corrected chi connectivity index (χ4v) is 4.50. The summed E-state index contributed by atoms with van der Waals surface area (Å²) in [5.74, 6) is 4.24. The third kappa shape index (κ3) is 8.56. The molecule has 8 N–H and O–H groups in total. The fourth-order valence-electron chi connectivity index (χ4n) is 4.50. The minimum absolute atomic E-state index is 0.0497. The van der Waals surface area contributed by atoms with E-state index in [1.807, 2.05) is 12.2 Å². The molecule has 0 saturated heterocycles. The van der Waals surface area contributed by atoms with Gasteiger partial charge in [-0.1, -0.05) is 0 Å². The van der Waals surface area contributed by atoms with Crippen LogP contribution in [0.3, 0.4) is 0 Å². The number of nitrogens with two attached hydrogens (primary N) is 4. The van der Waals surface area contributed by atoms with Crippen molar-refractivity contribution in [3.63, 3.8) is 0 Å². The van der Waals surface area contributed by atoms with Gasteiger partial charge in [-0.2, -0.15) is 0 Å². The molecular formula is C34H42N4O8. The molecule has 46 heavy (non-hydrogen) atoms. The van der Waals surface area contributed by atoms with Crippen LogP contribution in [0.15, 0.2) is 90.0 Å². The molecule has 12 nitrogen and oxygen atoms in total. The lowest BCUT2D eigenvalue weighted by Gasteiger charge is -2.34. The normalized spacial score (nSPS) is 12.9. The molecule has 1 aliphatic carbocycles. The minimum Gasteiger partial charge on any atom is -0.497 e. The molecule has 1 aliphatic rings. The van der Waals surface area contributed by atoms with E-state index in [9.17, 15) is 0 Å². The first-order valence-corrected chi connectivity index (χ1v) is 14.4. The second-order valence-corrected chi connectivity index (χ2v) is 10.6. The lowest BCUT2D eigenvalue weighted by molar-refractivity contribution is -0.0206. The Kier molecular flexibility index (Phi) is 11.2. The van der Waals surface area contributed by atoms with Crippen LogP contribution in [-0.2, 0) is 9.47 Å². The highest BCUT2D eigenvalue weighted by molar-refractivity contribution is 5.58. The van der Waals surface area contributed by atoms with Crippen molar-refractivity contribution in [2.75, 3.05) is 72.1 Å². The molecule has 0 amide bonds. The van der Waals surface area contributed by atoms with Crippen molar-refractivity contribution in [3.8, 4) is 34.5 Å². The van der Waals surface area contributed by atoms with Crippen LogP contribution in [0.2, 0.25) is 0 Å². The summed E-state index contributed by atoms with van der Waals surface area (Å²) in [5, 5.41) is 0. The standard InChI is InChI=1S/C34H42N4O8/c1-39-22-6-5-7-30(26(35)14-22)43-18-34(19-44-31-11-8-23(40-2)15-27(31)36,20-45-32-12-9-24(41-3)16-28(32)37)21-46-33-13-10-25(42-4)17-29(33)38/h6-17H,5,18-21,35-38H2,1-4H3. The molecular weight excluding hydrogens is 592 g/mol. The SMILES string of the molecule is COC1=CCC=C(OCC(COc2ccc(OC)cc2N)(COc2ccc(OC)cc2N)COc2ccc(OC)cc2N)C(N)=C1. The highest BCUT2D eigenvalue weighted by atomic mass is 16.5. The highest BCUT2D eigenvalue weighted by Gasteiger charge is 2.37. The molecule has 0 heterocycles.